The Hall–Kier alpha value is -0.930. The van der Waals surface area contributed by atoms with Crippen molar-refractivity contribution in [1.82, 2.24) is 10.3 Å². The van der Waals surface area contributed by atoms with Gasteiger partial charge >= 0.3 is 0 Å². The third kappa shape index (κ3) is 5.22. The van der Waals surface area contributed by atoms with Crippen LogP contribution in [0, 0.1) is 5.92 Å². The van der Waals surface area contributed by atoms with E-state index in [1.54, 1.807) is 0 Å². The summed E-state index contributed by atoms with van der Waals surface area (Å²) in [5, 5.41) is 3.39. The van der Waals surface area contributed by atoms with Crippen LogP contribution in [-0.4, -0.2) is 17.6 Å². The molecule has 1 aromatic rings. The van der Waals surface area contributed by atoms with Crippen LogP contribution in [0.5, 0.6) is 0 Å². The molecule has 1 fully saturated rings. The number of hydrogen-bond donors (Lipinski definition) is 1. The highest BCUT2D eigenvalue weighted by Gasteiger charge is 2.18. The highest BCUT2D eigenvalue weighted by molar-refractivity contribution is 5.13. The Morgan fingerprint density at radius 3 is 2.70 bits per heavy atom. The molecule has 0 saturated heterocycles. The average molecular weight is 276 g/mol. The summed E-state index contributed by atoms with van der Waals surface area (Å²) in [6, 6.07) is 4.24. The fraction of sp³-hybridized carbons (Fsp3) is 0.706. The van der Waals surface area contributed by atoms with Crippen LogP contribution in [-0.2, 0) is 17.9 Å². The zero-order chi connectivity index (χ0) is 14.2. The molecule has 0 unspecified atom stereocenters. The molecule has 1 aliphatic carbocycles. The van der Waals surface area contributed by atoms with Crippen LogP contribution >= 0.6 is 0 Å². The number of aromatic nitrogens is 1. The molecule has 2 rings (SSSR count). The summed E-state index contributed by atoms with van der Waals surface area (Å²) in [5.74, 6) is 0.878. The van der Waals surface area contributed by atoms with E-state index in [9.17, 15) is 0 Å². The molecule has 0 aliphatic heterocycles. The van der Waals surface area contributed by atoms with Crippen LogP contribution in [0.15, 0.2) is 18.3 Å². The third-order valence-electron chi connectivity index (χ3n) is 4.07. The fourth-order valence-electron chi connectivity index (χ4n) is 2.65. The Kier molecular flexibility index (Phi) is 6.48. The van der Waals surface area contributed by atoms with Crippen molar-refractivity contribution in [3.63, 3.8) is 0 Å². The zero-order valence-corrected chi connectivity index (χ0v) is 12.9. The van der Waals surface area contributed by atoms with E-state index in [4.69, 9.17) is 4.74 Å². The summed E-state index contributed by atoms with van der Waals surface area (Å²) >= 11 is 0. The van der Waals surface area contributed by atoms with E-state index in [1.807, 2.05) is 6.20 Å². The zero-order valence-electron chi connectivity index (χ0n) is 12.9. The van der Waals surface area contributed by atoms with Gasteiger partial charge in [0.1, 0.15) is 0 Å². The first kappa shape index (κ1) is 15.5. The average Bonchev–Trinajstić information content (AvgIpc) is 2.48. The number of nitrogens with zero attached hydrogens (tertiary/aromatic N) is 1. The van der Waals surface area contributed by atoms with E-state index in [1.165, 1.54) is 37.7 Å². The van der Waals surface area contributed by atoms with Gasteiger partial charge in [0.05, 0.1) is 18.4 Å². The summed E-state index contributed by atoms with van der Waals surface area (Å²) in [6.07, 6.45) is 8.60. The maximum atomic E-state index is 5.98. The van der Waals surface area contributed by atoms with Crippen molar-refractivity contribution in [3.05, 3.63) is 29.6 Å². The maximum absolute atomic E-state index is 5.98. The van der Waals surface area contributed by atoms with Crippen molar-refractivity contribution in [1.29, 1.82) is 0 Å². The molecular formula is C17H28N2O. The van der Waals surface area contributed by atoms with Crippen molar-refractivity contribution in [2.45, 2.75) is 65.2 Å². The van der Waals surface area contributed by atoms with Gasteiger partial charge < -0.3 is 10.1 Å². The predicted octanol–water partition coefficient (Wildman–Crippen LogP) is 3.68. The first-order valence-corrected chi connectivity index (χ1v) is 8.04. The molecule has 1 aliphatic rings. The molecule has 0 aromatic carbocycles. The Balaban J connectivity index is 1.70. The molecule has 3 nitrogen and oxygen atoms in total. The molecule has 0 spiro atoms. The monoisotopic (exact) mass is 276 g/mol. The molecule has 112 valence electrons. The van der Waals surface area contributed by atoms with Crippen molar-refractivity contribution >= 4 is 0 Å². The molecule has 0 amide bonds. The highest BCUT2D eigenvalue weighted by atomic mass is 16.5. The smallest absolute Gasteiger partial charge is 0.0891 e. The molecule has 3 heteroatoms. The lowest BCUT2D eigenvalue weighted by Crippen LogP contribution is -2.20. The van der Waals surface area contributed by atoms with Crippen molar-refractivity contribution in [2.75, 3.05) is 6.54 Å². The molecule has 0 bridgehead atoms. The lowest BCUT2D eigenvalue weighted by molar-refractivity contribution is 0.00727. The van der Waals surface area contributed by atoms with Crippen molar-refractivity contribution in [3.8, 4) is 0 Å². The lowest BCUT2D eigenvalue weighted by atomic mass is 9.89. The summed E-state index contributed by atoms with van der Waals surface area (Å²) in [7, 11) is 0. The summed E-state index contributed by atoms with van der Waals surface area (Å²) in [4.78, 5) is 4.49. The minimum Gasteiger partial charge on any atom is -0.372 e. The summed E-state index contributed by atoms with van der Waals surface area (Å²) in [5.41, 5.74) is 2.29. The molecule has 20 heavy (non-hydrogen) atoms. The van der Waals surface area contributed by atoms with Crippen LogP contribution in [0.1, 0.15) is 57.2 Å². The van der Waals surface area contributed by atoms with Crippen molar-refractivity contribution in [2.24, 2.45) is 5.92 Å². The molecular weight excluding hydrogens is 248 g/mol. The summed E-state index contributed by atoms with van der Waals surface area (Å²) < 4.78 is 5.98. The molecule has 1 saturated carbocycles. The van der Waals surface area contributed by atoms with E-state index in [0.717, 1.165) is 24.7 Å². The second-order valence-corrected chi connectivity index (χ2v) is 6.03. The Bertz CT molecular complexity index is 369. The van der Waals surface area contributed by atoms with Gasteiger partial charge in [-0.2, -0.15) is 0 Å². The Labute approximate surface area is 123 Å². The van der Waals surface area contributed by atoms with Gasteiger partial charge in [0.2, 0.25) is 0 Å². The van der Waals surface area contributed by atoms with Crippen LogP contribution in [0.3, 0.4) is 0 Å². The minimum atomic E-state index is 0.443. The topological polar surface area (TPSA) is 34.1 Å². The largest absolute Gasteiger partial charge is 0.372 e. The van der Waals surface area contributed by atoms with Gasteiger partial charge in [0.25, 0.3) is 0 Å². The summed E-state index contributed by atoms with van der Waals surface area (Å²) in [6.45, 7) is 7.13. The molecule has 1 N–H and O–H groups in total. The maximum Gasteiger partial charge on any atom is 0.0891 e. The van der Waals surface area contributed by atoms with Gasteiger partial charge in [-0.05, 0) is 56.2 Å². The van der Waals surface area contributed by atoms with Gasteiger partial charge in [-0.3, -0.25) is 4.98 Å². The fourth-order valence-corrected chi connectivity index (χ4v) is 2.65. The Morgan fingerprint density at radius 1 is 1.25 bits per heavy atom. The van der Waals surface area contributed by atoms with E-state index < -0.39 is 0 Å². The molecule has 0 atom stereocenters. The number of rotatable bonds is 7. The highest BCUT2D eigenvalue weighted by Crippen LogP contribution is 2.25. The molecule has 0 radical (unpaired) electrons. The number of ether oxygens (including phenoxy) is 1. The lowest BCUT2D eigenvalue weighted by Gasteiger charge is -2.26. The van der Waals surface area contributed by atoms with E-state index in [-0.39, 0.29) is 0 Å². The van der Waals surface area contributed by atoms with E-state index >= 15 is 0 Å². The quantitative estimate of drug-likeness (QED) is 0.771. The predicted molar refractivity (Wildman–Crippen MR) is 82.4 cm³/mol. The van der Waals surface area contributed by atoms with Crippen LogP contribution in [0.4, 0.5) is 0 Å². The van der Waals surface area contributed by atoms with E-state index in [2.05, 4.69) is 36.3 Å². The normalized spacial score (nSPS) is 22.9. The third-order valence-corrected chi connectivity index (χ3v) is 4.07. The molecule has 1 aromatic heterocycles. The Morgan fingerprint density at radius 2 is 2.05 bits per heavy atom. The second kappa shape index (κ2) is 8.38. The first-order valence-electron chi connectivity index (χ1n) is 8.04. The first-order chi connectivity index (χ1) is 9.78. The van der Waals surface area contributed by atoms with Gasteiger partial charge in [-0.25, -0.2) is 0 Å². The van der Waals surface area contributed by atoms with Crippen LogP contribution in [0.25, 0.3) is 0 Å². The SMILES string of the molecule is CCCNCc1ccc(COC2CCC(C)CC2)nc1. The van der Waals surface area contributed by atoms with Gasteiger partial charge in [-0.15, -0.1) is 0 Å². The van der Waals surface area contributed by atoms with Crippen LogP contribution in [0.2, 0.25) is 0 Å². The minimum absolute atomic E-state index is 0.443. The standard InChI is InChI=1S/C17H28N2O/c1-3-10-18-11-15-6-7-16(19-12-15)13-20-17-8-4-14(2)5-9-17/h6-7,12,14,17-18H,3-5,8-11,13H2,1-2H3. The second-order valence-electron chi connectivity index (χ2n) is 6.03. The van der Waals surface area contributed by atoms with E-state index in [0.29, 0.717) is 12.7 Å². The molecule has 1 heterocycles. The van der Waals surface area contributed by atoms with Gasteiger partial charge in [-0.1, -0.05) is 19.9 Å². The van der Waals surface area contributed by atoms with Crippen molar-refractivity contribution < 1.29 is 4.74 Å². The number of nitrogens with one attached hydrogen (secondary N) is 1. The van der Waals surface area contributed by atoms with Crippen LogP contribution < -0.4 is 5.32 Å². The van der Waals surface area contributed by atoms with Gasteiger partial charge in [0, 0.05) is 12.7 Å². The van der Waals surface area contributed by atoms with Gasteiger partial charge in [0.15, 0.2) is 0 Å². The number of pyridine rings is 1. The number of hydrogen-bond acceptors (Lipinski definition) is 3.